The van der Waals surface area contributed by atoms with Gasteiger partial charge in [0.25, 0.3) is 0 Å². The Labute approximate surface area is 122 Å². The third kappa shape index (κ3) is 4.00. The summed E-state index contributed by atoms with van der Waals surface area (Å²) in [6.45, 7) is 3.38. The molecule has 0 saturated carbocycles. The second kappa shape index (κ2) is 6.20. The molecule has 2 aromatic carbocycles. The summed E-state index contributed by atoms with van der Waals surface area (Å²) in [6, 6.07) is 13.0. The third-order valence-corrected chi connectivity index (χ3v) is 2.89. The summed E-state index contributed by atoms with van der Waals surface area (Å²) in [6.07, 6.45) is -3.70. The molecule has 1 nitrogen and oxygen atoms in total. The van der Waals surface area contributed by atoms with E-state index in [1.807, 2.05) is 0 Å². The number of benzene rings is 2. The van der Waals surface area contributed by atoms with Crippen molar-refractivity contribution in [3.63, 3.8) is 0 Å². The zero-order valence-corrected chi connectivity index (χ0v) is 11.9. The van der Waals surface area contributed by atoms with E-state index in [9.17, 15) is 13.2 Å². The van der Waals surface area contributed by atoms with E-state index in [2.05, 4.69) is 6.07 Å². The first-order chi connectivity index (χ1) is 9.89. The minimum Gasteiger partial charge on any atom is -0.432 e. The Morgan fingerprint density at radius 3 is 2.52 bits per heavy atom. The van der Waals surface area contributed by atoms with Crippen LogP contribution in [0.1, 0.15) is 20.3 Å². The second-order valence-corrected chi connectivity index (χ2v) is 5.24. The summed E-state index contributed by atoms with van der Waals surface area (Å²) in [4.78, 5) is 0. The lowest BCUT2D eigenvalue weighted by atomic mass is 10.0. The summed E-state index contributed by atoms with van der Waals surface area (Å²) in [7, 11) is 0. The molecular formula is C17H16F3O. The Kier molecular flexibility index (Phi) is 4.56. The average molecular weight is 293 g/mol. The molecule has 0 atom stereocenters. The molecular weight excluding hydrogens is 277 g/mol. The highest BCUT2D eigenvalue weighted by Crippen LogP contribution is 2.36. The van der Waals surface area contributed by atoms with Gasteiger partial charge >= 0.3 is 6.11 Å². The molecule has 0 saturated heterocycles. The number of ether oxygens (including phenoxy) is 1. The van der Waals surface area contributed by atoms with Crippen molar-refractivity contribution < 1.29 is 17.9 Å². The predicted molar refractivity (Wildman–Crippen MR) is 75.7 cm³/mol. The van der Waals surface area contributed by atoms with E-state index in [4.69, 9.17) is 4.74 Å². The van der Waals surface area contributed by atoms with Crippen molar-refractivity contribution in [2.24, 2.45) is 5.92 Å². The summed E-state index contributed by atoms with van der Waals surface area (Å²) in [5.74, 6) is -0.759. The molecule has 0 aliphatic carbocycles. The van der Waals surface area contributed by atoms with Crippen LogP contribution in [0.2, 0.25) is 0 Å². The number of halogens is 3. The zero-order valence-electron chi connectivity index (χ0n) is 11.9. The topological polar surface area (TPSA) is 9.23 Å². The molecule has 21 heavy (non-hydrogen) atoms. The summed E-state index contributed by atoms with van der Waals surface area (Å²) < 4.78 is 46.3. The maximum absolute atomic E-state index is 13.8. The fraction of sp³-hybridized carbons (Fsp3) is 0.294. The van der Waals surface area contributed by atoms with Gasteiger partial charge in [0.1, 0.15) is 11.6 Å². The maximum atomic E-state index is 13.8. The number of rotatable bonds is 5. The van der Waals surface area contributed by atoms with Crippen molar-refractivity contribution in [1.82, 2.24) is 0 Å². The molecule has 0 aliphatic rings. The standard InChI is InChI=1S/C17H16F3O/c1-12(2)11-17(19,20)21-16-10-6-4-8-14(16)13-7-3-5-9-15(13)18/h3,5-10,12H,11H2,1-2H3. The van der Waals surface area contributed by atoms with Crippen LogP contribution in [0.25, 0.3) is 11.1 Å². The quantitative estimate of drug-likeness (QED) is 0.726. The first-order valence-corrected chi connectivity index (χ1v) is 6.71. The highest BCUT2D eigenvalue weighted by Gasteiger charge is 2.33. The van der Waals surface area contributed by atoms with Gasteiger partial charge in [0.2, 0.25) is 0 Å². The molecule has 2 rings (SSSR count). The van der Waals surface area contributed by atoms with Crippen molar-refractivity contribution in [2.45, 2.75) is 26.4 Å². The van der Waals surface area contributed by atoms with Crippen molar-refractivity contribution in [2.75, 3.05) is 0 Å². The van der Waals surface area contributed by atoms with E-state index >= 15 is 0 Å². The Balaban J connectivity index is 2.36. The first-order valence-electron chi connectivity index (χ1n) is 6.71. The van der Waals surface area contributed by atoms with Crippen LogP contribution < -0.4 is 4.74 Å². The molecule has 0 aromatic heterocycles. The van der Waals surface area contributed by atoms with Gasteiger partial charge in [-0.25, -0.2) is 4.39 Å². The van der Waals surface area contributed by atoms with Crippen LogP contribution in [0.3, 0.4) is 0 Å². The Hall–Kier alpha value is -1.97. The van der Waals surface area contributed by atoms with Gasteiger partial charge in [0.15, 0.2) is 0 Å². The van der Waals surface area contributed by atoms with Crippen LogP contribution in [0, 0.1) is 17.8 Å². The van der Waals surface area contributed by atoms with Crippen molar-refractivity contribution in [3.05, 3.63) is 54.3 Å². The normalized spacial score (nSPS) is 11.7. The highest BCUT2D eigenvalue weighted by atomic mass is 19.3. The van der Waals surface area contributed by atoms with Gasteiger partial charge in [-0.3, -0.25) is 0 Å². The molecule has 0 spiro atoms. The SMILES string of the molecule is CC(C)CC(F)(F)Oc1cc[c]cc1-c1ccccc1F. The molecule has 111 valence electrons. The van der Waals surface area contributed by atoms with E-state index < -0.39 is 18.3 Å². The molecule has 0 unspecified atom stereocenters. The van der Waals surface area contributed by atoms with Gasteiger partial charge in [-0.15, -0.1) is 0 Å². The predicted octanol–water partition coefficient (Wildman–Crippen LogP) is 5.31. The van der Waals surface area contributed by atoms with Crippen molar-refractivity contribution in [1.29, 1.82) is 0 Å². The van der Waals surface area contributed by atoms with Crippen molar-refractivity contribution >= 4 is 0 Å². The molecule has 0 fully saturated rings. The van der Waals surface area contributed by atoms with Crippen LogP contribution in [-0.2, 0) is 0 Å². The number of hydrogen-bond acceptors (Lipinski definition) is 1. The van der Waals surface area contributed by atoms with Gasteiger partial charge in [0, 0.05) is 11.1 Å². The Morgan fingerprint density at radius 2 is 1.86 bits per heavy atom. The van der Waals surface area contributed by atoms with Crippen LogP contribution in [0.5, 0.6) is 5.75 Å². The maximum Gasteiger partial charge on any atom is 0.398 e. The molecule has 2 aromatic rings. The second-order valence-electron chi connectivity index (χ2n) is 5.24. The van der Waals surface area contributed by atoms with Gasteiger partial charge in [-0.2, -0.15) is 8.78 Å². The van der Waals surface area contributed by atoms with E-state index in [-0.39, 0.29) is 22.8 Å². The van der Waals surface area contributed by atoms with Crippen LogP contribution in [-0.4, -0.2) is 6.11 Å². The van der Waals surface area contributed by atoms with Gasteiger partial charge in [0.05, 0.1) is 6.42 Å². The molecule has 0 N–H and O–H groups in total. The Bertz CT molecular complexity index is 608. The van der Waals surface area contributed by atoms with Gasteiger partial charge in [-0.05, 0) is 30.2 Å². The summed E-state index contributed by atoms with van der Waals surface area (Å²) >= 11 is 0. The highest BCUT2D eigenvalue weighted by molar-refractivity contribution is 5.70. The summed E-state index contributed by atoms with van der Waals surface area (Å²) in [5, 5.41) is 0. The fourth-order valence-corrected chi connectivity index (χ4v) is 2.07. The molecule has 0 heterocycles. The lowest BCUT2D eigenvalue weighted by molar-refractivity contribution is -0.186. The fourth-order valence-electron chi connectivity index (χ4n) is 2.07. The molecule has 4 heteroatoms. The lowest BCUT2D eigenvalue weighted by Gasteiger charge is -2.21. The van der Waals surface area contributed by atoms with Crippen LogP contribution >= 0.6 is 0 Å². The minimum absolute atomic E-state index is 0.0514. The Morgan fingerprint density at radius 1 is 1.14 bits per heavy atom. The molecule has 0 aliphatic heterocycles. The average Bonchev–Trinajstić information content (AvgIpc) is 2.38. The molecule has 0 bridgehead atoms. The third-order valence-electron chi connectivity index (χ3n) is 2.89. The van der Waals surface area contributed by atoms with Gasteiger partial charge < -0.3 is 4.74 Å². The van der Waals surface area contributed by atoms with E-state index in [1.54, 1.807) is 26.0 Å². The largest absolute Gasteiger partial charge is 0.432 e. The smallest absolute Gasteiger partial charge is 0.398 e. The number of alkyl halides is 2. The first kappa shape index (κ1) is 15.4. The van der Waals surface area contributed by atoms with Crippen LogP contribution in [0.4, 0.5) is 13.2 Å². The number of hydrogen-bond donors (Lipinski definition) is 0. The van der Waals surface area contributed by atoms with E-state index in [0.717, 1.165) is 0 Å². The summed E-state index contributed by atoms with van der Waals surface area (Å²) in [5.41, 5.74) is 0.476. The monoisotopic (exact) mass is 293 g/mol. The van der Waals surface area contributed by atoms with E-state index in [1.165, 1.54) is 30.3 Å². The van der Waals surface area contributed by atoms with Gasteiger partial charge in [-0.1, -0.05) is 38.1 Å². The molecule has 0 amide bonds. The zero-order chi connectivity index (χ0) is 15.5. The van der Waals surface area contributed by atoms with Crippen molar-refractivity contribution in [3.8, 4) is 16.9 Å². The molecule has 1 radical (unpaired) electrons. The van der Waals surface area contributed by atoms with E-state index in [0.29, 0.717) is 0 Å². The minimum atomic E-state index is -3.30. The van der Waals surface area contributed by atoms with Crippen LogP contribution in [0.15, 0.2) is 42.5 Å². The lowest BCUT2D eigenvalue weighted by Crippen LogP contribution is -2.26.